The van der Waals surface area contributed by atoms with Gasteiger partial charge in [0, 0.05) is 4.47 Å². The third-order valence-electron chi connectivity index (χ3n) is 1.86. The number of carboxylic acids is 1. The van der Waals surface area contributed by atoms with Crippen molar-refractivity contribution in [1.82, 2.24) is 0 Å². The monoisotopic (exact) mass is 323 g/mol. The maximum atomic E-state index is 12.1. The lowest BCUT2D eigenvalue weighted by atomic mass is 10.1. The number of ether oxygens (including phenoxy) is 1. The Balaban J connectivity index is 3.22. The first-order valence-electron chi connectivity index (χ1n) is 4.43. The summed E-state index contributed by atoms with van der Waals surface area (Å²) in [7, 11) is 0. The van der Waals surface area contributed by atoms with E-state index in [4.69, 9.17) is 10.4 Å². The summed E-state index contributed by atoms with van der Waals surface area (Å²) in [5.41, 5.74) is -0.209. The van der Waals surface area contributed by atoms with Crippen LogP contribution >= 0.6 is 15.9 Å². The SMILES string of the molecule is N#Cc1c(OC(F)(F)F)ccc(CC(=O)O)c1Br. The first-order chi connectivity index (χ1) is 8.24. The summed E-state index contributed by atoms with van der Waals surface area (Å²) >= 11 is 2.90. The van der Waals surface area contributed by atoms with Crippen LogP contribution in [0.4, 0.5) is 13.2 Å². The molecule has 1 aromatic carbocycles. The van der Waals surface area contributed by atoms with E-state index in [0.717, 1.165) is 12.1 Å². The standard InChI is InChI=1S/C10H5BrF3NO3/c11-9-5(3-8(16)17)1-2-7(6(9)4-15)18-10(12,13)14/h1-2H,3H2,(H,16,17). The normalized spacial score (nSPS) is 10.8. The van der Waals surface area contributed by atoms with Crippen molar-refractivity contribution in [1.29, 1.82) is 5.26 Å². The van der Waals surface area contributed by atoms with Gasteiger partial charge in [-0.3, -0.25) is 4.79 Å². The number of rotatable bonds is 3. The van der Waals surface area contributed by atoms with Crippen LogP contribution in [0.3, 0.4) is 0 Å². The van der Waals surface area contributed by atoms with Gasteiger partial charge in [-0.15, -0.1) is 13.2 Å². The summed E-state index contributed by atoms with van der Waals surface area (Å²) in [6.07, 6.45) is -5.33. The summed E-state index contributed by atoms with van der Waals surface area (Å²) in [6, 6.07) is 3.60. The van der Waals surface area contributed by atoms with Gasteiger partial charge >= 0.3 is 12.3 Å². The van der Waals surface area contributed by atoms with Gasteiger partial charge in [-0.05, 0) is 27.6 Å². The molecule has 0 saturated heterocycles. The minimum absolute atomic E-state index is 0.0193. The lowest BCUT2D eigenvalue weighted by Gasteiger charge is -2.12. The molecule has 0 atom stereocenters. The lowest BCUT2D eigenvalue weighted by molar-refractivity contribution is -0.274. The number of nitrogens with zero attached hydrogens (tertiary/aromatic N) is 1. The highest BCUT2D eigenvalue weighted by molar-refractivity contribution is 9.10. The van der Waals surface area contributed by atoms with Crippen molar-refractivity contribution in [3.8, 4) is 11.8 Å². The smallest absolute Gasteiger partial charge is 0.481 e. The van der Waals surface area contributed by atoms with Crippen LogP contribution < -0.4 is 4.74 Å². The first kappa shape index (κ1) is 14.3. The van der Waals surface area contributed by atoms with Gasteiger partial charge in [0.05, 0.1) is 6.42 Å². The second-order valence-electron chi connectivity index (χ2n) is 3.14. The molecule has 4 nitrogen and oxygen atoms in total. The van der Waals surface area contributed by atoms with Gasteiger partial charge in [-0.2, -0.15) is 5.26 Å². The minimum Gasteiger partial charge on any atom is -0.481 e. The number of alkyl halides is 3. The molecule has 0 aromatic heterocycles. The van der Waals surface area contributed by atoms with E-state index in [2.05, 4.69) is 20.7 Å². The van der Waals surface area contributed by atoms with Crippen molar-refractivity contribution in [2.45, 2.75) is 12.8 Å². The second kappa shape index (κ2) is 5.27. The van der Waals surface area contributed by atoms with Crippen LogP contribution in [0.15, 0.2) is 16.6 Å². The number of aliphatic carboxylic acids is 1. The molecule has 0 fully saturated rings. The molecule has 0 saturated carbocycles. The van der Waals surface area contributed by atoms with Gasteiger partial charge in [0.1, 0.15) is 17.4 Å². The molecule has 1 N–H and O–H groups in total. The topological polar surface area (TPSA) is 70.3 Å². The van der Waals surface area contributed by atoms with Gasteiger partial charge < -0.3 is 9.84 Å². The van der Waals surface area contributed by atoms with Crippen LogP contribution in [0.5, 0.6) is 5.75 Å². The molecule has 8 heteroatoms. The Kier molecular flexibility index (Phi) is 4.19. The molecule has 0 aliphatic rings. The van der Waals surface area contributed by atoms with Crippen molar-refractivity contribution >= 4 is 21.9 Å². The Morgan fingerprint density at radius 2 is 2.11 bits per heavy atom. The average molecular weight is 324 g/mol. The van der Waals surface area contributed by atoms with Gasteiger partial charge in [0.2, 0.25) is 0 Å². The molecule has 0 amide bonds. The summed E-state index contributed by atoms with van der Waals surface area (Å²) in [6.45, 7) is 0. The fourth-order valence-corrected chi connectivity index (χ4v) is 1.77. The minimum atomic E-state index is -4.92. The lowest BCUT2D eigenvalue weighted by Crippen LogP contribution is -2.18. The van der Waals surface area contributed by atoms with E-state index in [1.165, 1.54) is 6.07 Å². The molecule has 0 heterocycles. The fraction of sp³-hybridized carbons (Fsp3) is 0.200. The summed E-state index contributed by atoms with van der Waals surface area (Å²) in [5, 5.41) is 17.4. The molecular formula is C10H5BrF3NO3. The van der Waals surface area contributed by atoms with Crippen LogP contribution in [0.2, 0.25) is 0 Å². The molecule has 1 aromatic rings. The number of hydrogen-bond donors (Lipinski definition) is 1. The molecule has 18 heavy (non-hydrogen) atoms. The van der Waals surface area contributed by atoms with Crippen LogP contribution in [-0.2, 0) is 11.2 Å². The molecule has 0 aliphatic carbocycles. The number of halogens is 4. The molecule has 96 valence electrons. The predicted octanol–water partition coefficient (Wildman–Crippen LogP) is 2.85. The first-order valence-corrected chi connectivity index (χ1v) is 5.23. The Morgan fingerprint density at radius 3 is 2.56 bits per heavy atom. The van der Waals surface area contributed by atoms with Crippen molar-refractivity contribution in [3.63, 3.8) is 0 Å². The van der Waals surface area contributed by atoms with E-state index in [9.17, 15) is 18.0 Å². The van der Waals surface area contributed by atoms with Crippen LogP contribution in [0, 0.1) is 11.3 Å². The maximum absolute atomic E-state index is 12.1. The Hall–Kier alpha value is -1.75. The number of nitriles is 1. The van der Waals surface area contributed by atoms with Crippen LogP contribution in [0.1, 0.15) is 11.1 Å². The van der Waals surface area contributed by atoms with Crippen molar-refractivity contribution in [3.05, 3.63) is 27.7 Å². The number of hydrogen-bond acceptors (Lipinski definition) is 3. The average Bonchev–Trinajstić information content (AvgIpc) is 2.20. The maximum Gasteiger partial charge on any atom is 0.573 e. The fourth-order valence-electron chi connectivity index (χ4n) is 1.21. The molecule has 0 aliphatic heterocycles. The zero-order valence-corrected chi connectivity index (χ0v) is 10.2. The zero-order valence-electron chi connectivity index (χ0n) is 8.58. The van der Waals surface area contributed by atoms with E-state index >= 15 is 0 Å². The van der Waals surface area contributed by atoms with Crippen molar-refractivity contribution in [2.75, 3.05) is 0 Å². The third kappa shape index (κ3) is 3.63. The van der Waals surface area contributed by atoms with Crippen molar-refractivity contribution < 1.29 is 27.8 Å². The highest BCUT2D eigenvalue weighted by Crippen LogP contribution is 2.33. The van der Waals surface area contributed by atoms with E-state index in [-0.39, 0.29) is 10.0 Å². The van der Waals surface area contributed by atoms with E-state index in [1.54, 1.807) is 0 Å². The number of carboxylic acid groups (broad SMARTS) is 1. The molecule has 0 radical (unpaired) electrons. The highest BCUT2D eigenvalue weighted by atomic mass is 79.9. The Morgan fingerprint density at radius 1 is 1.50 bits per heavy atom. The molecule has 0 spiro atoms. The third-order valence-corrected chi connectivity index (χ3v) is 2.77. The largest absolute Gasteiger partial charge is 0.573 e. The van der Waals surface area contributed by atoms with Crippen LogP contribution in [-0.4, -0.2) is 17.4 Å². The Bertz CT molecular complexity index is 522. The van der Waals surface area contributed by atoms with Gasteiger partial charge in [-0.25, -0.2) is 0 Å². The number of benzene rings is 1. The summed E-state index contributed by atoms with van der Waals surface area (Å²) in [4.78, 5) is 10.5. The number of carbonyl (C=O) groups is 1. The Labute approximate surface area is 108 Å². The molecule has 1 rings (SSSR count). The summed E-state index contributed by atoms with van der Waals surface area (Å²) < 4.78 is 39.8. The second-order valence-corrected chi connectivity index (χ2v) is 3.93. The van der Waals surface area contributed by atoms with E-state index < -0.39 is 30.1 Å². The van der Waals surface area contributed by atoms with Crippen LogP contribution in [0.25, 0.3) is 0 Å². The predicted molar refractivity (Wildman–Crippen MR) is 56.9 cm³/mol. The van der Waals surface area contributed by atoms with E-state index in [0.29, 0.717) is 0 Å². The van der Waals surface area contributed by atoms with E-state index in [1.807, 2.05) is 0 Å². The molecule has 0 bridgehead atoms. The van der Waals surface area contributed by atoms with Gasteiger partial charge in [-0.1, -0.05) is 6.07 Å². The van der Waals surface area contributed by atoms with Gasteiger partial charge in [0.25, 0.3) is 0 Å². The molecule has 0 unspecified atom stereocenters. The zero-order chi connectivity index (χ0) is 13.9. The summed E-state index contributed by atoms with van der Waals surface area (Å²) in [5.74, 6) is -1.84. The van der Waals surface area contributed by atoms with Gasteiger partial charge in [0.15, 0.2) is 0 Å². The highest BCUT2D eigenvalue weighted by Gasteiger charge is 2.32. The quantitative estimate of drug-likeness (QED) is 0.928. The molecular weight excluding hydrogens is 319 g/mol. The van der Waals surface area contributed by atoms with Crippen molar-refractivity contribution in [2.24, 2.45) is 0 Å².